The molecule has 0 spiro atoms. The topological polar surface area (TPSA) is 65.4 Å². The van der Waals surface area contributed by atoms with Crippen LogP contribution in [0.5, 0.6) is 5.75 Å². The minimum Gasteiger partial charge on any atom is -0.496 e. The van der Waals surface area contributed by atoms with E-state index in [-0.39, 0.29) is 5.91 Å². The largest absolute Gasteiger partial charge is 0.496 e. The van der Waals surface area contributed by atoms with Crippen molar-refractivity contribution in [3.63, 3.8) is 0 Å². The zero-order valence-electron chi connectivity index (χ0n) is 15.6. The second-order valence-corrected chi connectivity index (χ2v) is 6.92. The summed E-state index contributed by atoms with van der Waals surface area (Å²) in [6.45, 7) is 2.28. The van der Waals surface area contributed by atoms with E-state index >= 15 is 0 Å². The summed E-state index contributed by atoms with van der Waals surface area (Å²) in [5, 5.41) is 12.7. The first-order chi connectivity index (χ1) is 13.2. The summed E-state index contributed by atoms with van der Waals surface area (Å²) in [5.41, 5.74) is 1.60. The smallest absolute Gasteiger partial charge is 0.234 e. The highest BCUT2D eigenvalue weighted by molar-refractivity contribution is 5.78. The molecule has 3 rings (SSSR count). The Morgan fingerprint density at radius 1 is 1.15 bits per heavy atom. The molecule has 1 aliphatic heterocycles. The van der Waals surface area contributed by atoms with Crippen LogP contribution < -0.4 is 10.1 Å². The van der Waals surface area contributed by atoms with E-state index in [0.29, 0.717) is 13.1 Å². The van der Waals surface area contributed by atoms with Crippen molar-refractivity contribution < 1.29 is 9.53 Å². The number of carbonyl (C=O) groups is 1. The number of methoxy groups -OCH3 is 1. The second kappa shape index (κ2) is 8.70. The van der Waals surface area contributed by atoms with E-state index in [4.69, 9.17) is 4.74 Å². The van der Waals surface area contributed by atoms with Gasteiger partial charge in [0.05, 0.1) is 25.1 Å². The van der Waals surface area contributed by atoms with Crippen LogP contribution in [0.4, 0.5) is 0 Å². The van der Waals surface area contributed by atoms with Crippen LogP contribution in [-0.2, 0) is 16.8 Å². The number of ether oxygens (including phenoxy) is 1. The summed E-state index contributed by atoms with van der Waals surface area (Å²) in [4.78, 5) is 14.4. The molecule has 140 valence electrons. The molecule has 0 saturated carbocycles. The van der Waals surface area contributed by atoms with Crippen LogP contribution in [0.15, 0.2) is 54.6 Å². The van der Waals surface area contributed by atoms with Gasteiger partial charge in [-0.05, 0) is 24.5 Å². The molecule has 1 amide bonds. The Kier molecular flexibility index (Phi) is 6.10. The molecule has 5 heteroatoms. The van der Waals surface area contributed by atoms with Crippen LogP contribution in [0.3, 0.4) is 0 Å². The summed E-state index contributed by atoms with van der Waals surface area (Å²) in [6.07, 6.45) is 1.49. The average Bonchev–Trinajstić information content (AvgIpc) is 2.74. The molecule has 2 aromatic carbocycles. The Labute approximate surface area is 160 Å². The minimum absolute atomic E-state index is 0.00919. The van der Waals surface area contributed by atoms with Gasteiger partial charge in [-0.15, -0.1) is 0 Å². The predicted molar refractivity (Wildman–Crippen MR) is 104 cm³/mol. The molecule has 1 N–H and O–H groups in total. The molecule has 0 aliphatic carbocycles. The summed E-state index contributed by atoms with van der Waals surface area (Å²) in [6, 6.07) is 20.2. The molecule has 0 bridgehead atoms. The lowest BCUT2D eigenvalue weighted by Crippen LogP contribution is -2.45. The first-order valence-electron chi connectivity index (χ1n) is 9.24. The number of carbonyl (C=O) groups excluding carboxylic acids is 1. The van der Waals surface area contributed by atoms with Gasteiger partial charge in [0.25, 0.3) is 0 Å². The first kappa shape index (κ1) is 18.9. The lowest BCUT2D eigenvalue weighted by Gasteiger charge is -2.37. The lowest BCUT2D eigenvalue weighted by atomic mass is 9.74. The van der Waals surface area contributed by atoms with Crippen molar-refractivity contribution >= 4 is 5.91 Å². The molecule has 1 fully saturated rings. The van der Waals surface area contributed by atoms with Gasteiger partial charge in [-0.2, -0.15) is 5.26 Å². The van der Waals surface area contributed by atoms with Gasteiger partial charge in [-0.25, -0.2) is 0 Å². The van der Waals surface area contributed by atoms with Crippen LogP contribution in [0, 0.1) is 11.3 Å². The molecule has 0 radical (unpaired) electrons. The van der Waals surface area contributed by atoms with Gasteiger partial charge in [0.2, 0.25) is 5.91 Å². The normalized spacial score (nSPS) is 16.3. The maximum Gasteiger partial charge on any atom is 0.234 e. The van der Waals surface area contributed by atoms with Crippen molar-refractivity contribution in [1.29, 1.82) is 5.26 Å². The second-order valence-electron chi connectivity index (χ2n) is 6.92. The Hall–Kier alpha value is -2.84. The predicted octanol–water partition coefficient (Wildman–Crippen LogP) is 2.87. The monoisotopic (exact) mass is 363 g/mol. The van der Waals surface area contributed by atoms with Gasteiger partial charge >= 0.3 is 0 Å². The Balaban J connectivity index is 1.52. The Morgan fingerprint density at radius 2 is 1.81 bits per heavy atom. The van der Waals surface area contributed by atoms with Crippen molar-refractivity contribution in [3.05, 3.63) is 65.7 Å². The van der Waals surface area contributed by atoms with Crippen molar-refractivity contribution in [2.75, 3.05) is 26.7 Å². The number of nitrogens with one attached hydrogen (secondary N) is 1. The van der Waals surface area contributed by atoms with E-state index in [1.807, 2.05) is 54.6 Å². The standard InChI is InChI=1S/C22H25N3O2/c1-27-20-10-6-5-7-18(20)15-24-21(26)16-25-13-11-22(17-23,12-14-25)19-8-3-2-4-9-19/h2-10H,11-16H2,1H3,(H,24,26). The molecule has 27 heavy (non-hydrogen) atoms. The van der Waals surface area contributed by atoms with E-state index in [2.05, 4.69) is 16.3 Å². The van der Waals surface area contributed by atoms with Gasteiger partial charge in [-0.3, -0.25) is 9.69 Å². The Bertz CT molecular complexity index is 806. The van der Waals surface area contributed by atoms with Crippen molar-refractivity contribution in [3.8, 4) is 11.8 Å². The molecule has 5 nitrogen and oxygen atoms in total. The Morgan fingerprint density at radius 3 is 2.48 bits per heavy atom. The van der Waals surface area contributed by atoms with Gasteiger partial charge < -0.3 is 10.1 Å². The average molecular weight is 363 g/mol. The number of nitriles is 1. The molecule has 2 aromatic rings. The summed E-state index contributed by atoms with van der Waals surface area (Å²) in [5.74, 6) is 0.766. The van der Waals surface area contributed by atoms with E-state index < -0.39 is 5.41 Å². The van der Waals surface area contributed by atoms with E-state index in [1.165, 1.54) is 0 Å². The fourth-order valence-electron chi connectivity index (χ4n) is 3.62. The van der Waals surface area contributed by atoms with Gasteiger partial charge in [0, 0.05) is 25.2 Å². The number of amides is 1. The lowest BCUT2D eigenvalue weighted by molar-refractivity contribution is -0.122. The van der Waals surface area contributed by atoms with Crippen LogP contribution in [0.1, 0.15) is 24.0 Å². The van der Waals surface area contributed by atoms with Crippen LogP contribution in [0.2, 0.25) is 0 Å². The molecular weight excluding hydrogens is 338 g/mol. The van der Waals surface area contributed by atoms with Crippen LogP contribution in [-0.4, -0.2) is 37.6 Å². The zero-order chi connectivity index (χ0) is 19.1. The number of likely N-dealkylation sites (tertiary alicyclic amines) is 1. The number of rotatable bonds is 6. The minimum atomic E-state index is -0.439. The molecule has 0 atom stereocenters. The number of para-hydroxylation sites is 1. The quantitative estimate of drug-likeness (QED) is 0.857. The fraction of sp³-hybridized carbons (Fsp3) is 0.364. The van der Waals surface area contributed by atoms with Gasteiger partial charge in [0.15, 0.2) is 0 Å². The first-order valence-corrected chi connectivity index (χ1v) is 9.24. The van der Waals surface area contributed by atoms with Gasteiger partial charge in [0.1, 0.15) is 5.75 Å². The number of nitrogens with zero attached hydrogens (tertiary/aromatic N) is 2. The van der Waals surface area contributed by atoms with Crippen LogP contribution in [0.25, 0.3) is 0 Å². The van der Waals surface area contributed by atoms with E-state index in [0.717, 1.165) is 42.8 Å². The summed E-state index contributed by atoms with van der Waals surface area (Å²) in [7, 11) is 1.63. The number of hydrogen-bond acceptors (Lipinski definition) is 4. The molecule has 0 unspecified atom stereocenters. The highest BCUT2D eigenvalue weighted by Crippen LogP contribution is 2.34. The van der Waals surface area contributed by atoms with Crippen LogP contribution >= 0.6 is 0 Å². The van der Waals surface area contributed by atoms with E-state index in [1.54, 1.807) is 7.11 Å². The molecule has 1 heterocycles. The number of piperidine rings is 1. The third kappa shape index (κ3) is 4.47. The fourth-order valence-corrected chi connectivity index (χ4v) is 3.62. The molecular formula is C22H25N3O2. The molecule has 0 aromatic heterocycles. The summed E-state index contributed by atoms with van der Waals surface area (Å²) < 4.78 is 5.31. The highest BCUT2D eigenvalue weighted by Gasteiger charge is 2.36. The van der Waals surface area contributed by atoms with Crippen molar-refractivity contribution in [2.24, 2.45) is 0 Å². The maximum atomic E-state index is 12.3. The van der Waals surface area contributed by atoms with Gasteiger partial charge in [-0.1, -0.05) is 48.5 Å². The highest BCUT2D eigenvalue weighted by atomic mass is 16.5. The maximum absolute atomic E-state index is 12.3. The number of benzene rings is 2. The third-order valence-corrected chi connectivity index (χ3v) is 5.29. The number of hydrogen-bond donors (Lipinski definition) is 1. The zero-order valence-corrected chi connectivity index (χ0v) is 15.6. The third-order valence-electron chi connectivity index (χ3n) is 5.29. The SMILES string of the molecule is COc1ccccc1CNC(=O)CN1CCC(C#N)(c2ccccc2)CC1. The molecule has 1 saturated heterocycles. The summed E-state index contributed by atoms with van der Waals surface area (Å²) >= 11 is 0. The van der Waals surface area contributed by atoms with E-state index in [9.17, 15) is 10.1 Å². The van der Waals surface area contributed by atoms with Crippen molar-refractivity contribution in [2.45, 2.75) is 24.8 Å². The molecule has 1 aliphatic rings. The van der Waals surface area contributed by atoms with Crippen molar-refractivity contribution in [1.82, 2.24) is 10.2 Å².